The minimum atomic E-state index is -0.174. The monoisotopic (exact) mass is 383 g/mol. The second-order valence-corrected chi connectivity index (χ2v) is 7.81. The molecule has 24 heavy (non-hydrogen) atoms. The van der Waals surface area contributed by atoms with Crippen molar-refractivity contribution in [3.05, 3.63) is 33.7 Å². The van der Waals surface area contributed by atoms with Gasteiger partial charge in [0.1, 0.15) is 10.1 Å². The molecule has 1 fully saturated rings. The van der Waals surface area contributed by atoms with Gasteiger partial charge in [0, 0.05) is 10.6 Å². The van der Waals surface area contributed by atoms with Gasteiger partial charge in [-0.3, -0.25) is 4.79 Å². The molecule has 1 saturated heterocycles. The Kier molecular flexibility index (Phi) is 8.09. The smallest absolute Gasteiger partial charge is 0.263 e. The number of unbranched alkanes of at least 4 members (excludes halogenated alkanes) is 5. The molecule has 6 heteroatoms. The molecular weight excluding hydrogens is 362 g/mol. The molecule has 3 nitrogen and oxygen atoms in total. The van der Waals surface area contributed by atoms with Gasteiger partial charge in [-0.2, -0.15) is 0 Å². The van der Waals surface area contributed by atoms with Gasteiger partial charge >= 0.3 is 0 Å². The first-order valence-corrected chi connectivity index (χ1v) is 9.87. The number of carbonyl (C=O) groups excluding carboxylic acids is 1. The van der Waals surface area contributed by atoms with Crippen LogP contribution >= 0.6 is 35.6 Å². The van der Waals surface area contributed by atoms with Crippen LogP contribution in [0.4, 0.5) is 0 Å². The molecule has 0 saturated carbocycles. The van der Waals surface area contributed by atoms with Crippen molar-refractivity contribution < 1.29 is 9.53 Å². The summed E-state index contributed by atoms with van der Waals surface area (Å²) >= 11 is 12.3. The summed E-state index contributed by atoms with van der Waals surface area (Å²) in [6.07, 6.45) is 9.09. The van der Waals surface area contributed by atoms with Gasteiger partial charge in [-0.25, -0.2) is 0 Å². The van der Waals surface area contributed by atoms with Crippen LogP contribution in [-0.4, -0.2) is 16.8 Å². The predicted octanol–water partition coefficient (Wildman–Crippen LogP) is 5.57. The fourth-order valence-corrected chi connectivity index (χ4v) is 3.61. The molecule has 1 aliphatic heterocycles. The third-order valence-corrected chi connectivity index (χ3v) is 5.05. The first kappa shape index (κ1) is 19.3. The Morgan fingerprint density at radius 1 is 1.25 bits per heavy atom. The minimum Gasteiger partial charge on any atom is -0.493 e. The minimum absolute atomic E-state index is 0.174. The van der Waals surface area contributed by atoms with Crippen LogP contribution < -0.4 is 10.1 Å². The maximum absolute atomic E-state index is 11.8. The van der Waals surface area contributed by atoms with Crippen molar-refractivity contribution in [3.63, 3.8) is 0 Å². The van der Waals surface area contributed by atoms with Gasteiger partial charge in [-0.1, -0.05) is 74.6 Å². The van der Waals surface area contributed by atoms with E-state index in [1.807, 2.05) is 6.07 Å². The maximum atomic E-state index is 11.8. The van der Waals surface area contributed by atoms with E-state index in [1.165, 1.54) is 43.9 Å². The van der Waals surface area contributed by atoms with Crippen molar-refractivity contribution >= 4 is 51.9 Å². The van der Waals surface area contributed by atoms with Crippen molar-refractivity contribution in [2.45, 2.75) is 45.4 Å². The van der Waals surface area contributed by atoms with Crippen LogP contribution in [0.25, 0.3) is 6.08 Å². The molecule has 1 aliphatic rings. The quantitative estimate of drug-likeness (QED) is 0.343. The highest BCUT2D eigenvalue weighted by molar-refractivity contribution is 8.26. The molecule has 130 valence electrons. The summed E-state index contributed by atoms with van der Waals surface area (Å²) in [5.74, 6) is 0.568. The third-order valence-electron chi connectivity index (χ3n) is 3.66. The molecule has 1 aromatic rings. The lowest BCUT2D eigenvalue weighted by molar-refractivity contribution is -0.115. The highest BCUT2D eigenvalue weighted by Gasteiger charge is 2.22. The van der Waals surface area contributed by atoms with Crippen molar-refractivity contribution in [2.75, 3.05) is 6.61 Å². The molecule has 1 heterocycles. The Labute approximate surface area is 158 Å². The molecule has 1 N–H and O–H groups in total. The predicted molar refractivity (Wildman–Crippen MR) is 107 cm³/mol. The number of nitrogens with one attached hydrogen (secondary N) is 1. The van der Waals surface area contributed by atoms with E-state index < -0.39 is 0 Å². The molecule has 0 radical (unpaired) electrons. The van der Waals surface area contributed by atoms with E-state index in [0.29, 0.717) is 20.9 Å². The lowest BCUT2D eigenvalue weighted by atomic mass is 10.1. The van der Waals surface area contributed by atoms with Crippen molar-refractivity contribution in [1.82, 2.24) is 5.32 Å². The molecule has 0 aliphatic carbocycles. The number of thiocarbonyl (C=S) groups is 1. The lowest BCUT2D eigenvalue weighted by Gasteiger charge is -2.10. The molecule has 0 spiro atoms. The number of hydrogen-bond donors (Lipinski definition) is 1. The van der Waals surface area contributed by atoms with Crippen LogP contribution in [0.2, 0.25) is 5.02 Å². The Morgan fingerprint density at radius 2 is 2.00 bits per heavy atom. The number of amides is 1. The van der Waals surface area contributed by atoms with E-state index in [0.717, 1.165) is 17.7 Å². The van der Waals surface area contributed by atoms with E-state index in [-0.39, 0.29) is 5.91 Å². The summed E-state index contributed by atoms with van der Waals surface area (Å²) in [5, 5.41) is 3.22. The number of carbonyl (C=O) groups is 1. The summed E-state index contributed by atoms with van der Waals surface area (Å²) in [6.45, 7) is 2.89. The van der Waals surface area contributed by atoms with Crippen molar-refractivity contribution in [1.29, 1.82) is 0 Å². The van der Waals surface area contributed by atoms with Gasteiger partial charge in [0.05, 0.1) is 11.5 Å². The Hall–Kier alpha value is -1.04. The first-order chi connectivity index (χ1) is 11.6. The number of halogens is 1. The average Bonchev–Trinajstić information content (AvgIpc) is 2.86. The first-order valence-electron chi connectivity index (χ1n) is 8.27. The summed E-state index contributed by atoms with van der Waals surface area (Å²) < 4.78 is 6.37. The van der Waals surface area contributed by atoms with E-state index in [2.05, 4.69) is 12.2 Å². The number of thioether (sulfide) groups is 1. The maximum Gasteiger partial charge on any atom is 0.263 e. The molecule has 0 atom stereocenters. The van der Waals surface area contributed by atoms with Crippen LogP contribution in [0.1, 0.15) is 51.0 Å². The summed E-state index contributed by atoms with van der Waals surface area (Å²) in [6, 6.07) is 5.45. The van der Waals surface area contributed by atoms with Gasteiger partial charge in [0.25, 0.3) is 5.91 Å². The topological polar surface area (TPSA) is 38.3 Å². The van der Waals surface area contributed by atoms with Crippen LogP contribution in [0, 0.1) is 0 Å². The molecular formula is C18H22ClNO2S2. The Balaban J connectivity index is 1.94. The van der Waals surface area contributed by atoms with Crippen LogP contribution in [0.15, 0.2) is 23.1 Å². The second kappa shape index (κ2) is 10.1. The molecule has 1 amide bonds. The Morgan fingerprint density at radius 3 is 2.71 bits per heavy atom. The van der Waals surface area contributed by atoms with E-state index in [1.54, 1.807) is 18.2 Å². The normalized spacial score (nSPS) is 15.8. The van der Waals surface area contributed by atoms with E-state index in [9.17, 15) is 4.79 Å². The number of hydrogen-bond acceptors (Lipinski definition) is 4. The van der Waals surface area contributed by atoms with Crippen LogP contribution in [0.3, 0.4) is 0 Å². The highest BCUT2D eigenvalue weighted by atomic mass is 35.5. The summed E-state index contributed by atoms with van der Waals surface area (Å²) in [5.41, 5.74) is 0.802. The van der Waals surface area contributed by atoms with Gasteiger partial charge < -0.3 is 10.1 Å². The summed E-state index contributed by atoms with van der Waals surface area (Å²) in [7, 11) is 0. The second-order valence-electron chi connectivity index (χ2n) is 5.65. The Bertz CT molecular complexity index is 631. The number of ether oxygens (including phenoxy) is 1. The highest BCUT2D eigenvalue weighted by Crippen LogP contribution is 2.31. The molecule has 0 unspecified atom stereocenters. The van der Waals surface area contributed by atoms with Crippen LogP contribution in [-0.2, 0) is 4.79 Å². The zero-order chi connectivity index (χ0) is 17.4. The van der Waals surface area contributed by atoms with Crippen molar-refractivity contribution in [3.8, 4) is 5.75 Å². The summed E-state index contributed by atoms with van der Waals surface area (Å²) in [4.78, 5) is 12.4. The van der Waals surface area contributed by atoms with Crippen LogP contribution in [0.5, 0.6) is 5.75 Å². The third kappa shape index (κ3) is 6.11. The zero-order valence-electron chi connectivity index (χ0n) is 13.8. The molecule has 0 bridgehead atoms. The molecule has 2 rings (SSSR count). The zero-order valence-corrected chi connectivity index (χ0v) is 16.2. The fraction of sp³-hybridized carbons (Fsp3) is 0.444. The van der Waals surface area contributed by atoms with Gasteiger partial charge in [0.15, 0.2) is 0 Å². The lowest BCUT2D eigenvalue weighted by Crippen LogP contribution is -2.17. The number of rotatable bonds is 9. The average molecular weight is 384 g/mol. The number of benzene rings is 1. The van der Waals surface area contributed by atoms with Crippen molar-refractivity contribution in [2.24, 2.45) is 0 Å². The fourth-order valence-electron chi connectivity index (χ4n) is 2.39. The standard InChI is InChI=1S/C18H22ClNO2S2/c1-2-3-4-5-6-7-10-22-15-9-8-14(19)11-13(15)12-16-17(21)20-18(23)24-16/h8-9,11-12H,2-7,10H2,1H3,(H,20,21,23)/b16-12+. The van der Waals surface area contributed by atoms with E-state index >= 15 is 0 Å². The van der Waals surface area contributed by atoms with Gasteiger partial charge in [-0.15, -0.1) is 0 Å². The molecule has 0 aromatic heterocycles. The van der Waals surface area contributed by atoms with E-state index in [4.69, 9.17) is 28.6 Å². The SMILES string of the molecule is CCCCCCCCOc1ccc(Cl)cc1/C=C1/SC(=S)NC1=O. The van der Waals surface area contributed by atoms with Gasteiger partial charge in [-0.05, 0) is 30.7 Å². The largest absolute Gasteiger partial charge is 0.493 e. The van der Waals surface area contributed by atoms with Gasteiger partial charge in [0.2, 0.25) is 0 Å². The molecule has 1 aromatic carbocycles.